The van der Waals surface area contributed by atoms with Crippen LogP contribution in [0.5, 0.6) is 0 Å². The molecule has 0 atom stereocenters. The van der Waals surface area contributed by atoms with E-state index in [0.29, 0.717) is 0 Å². The number of nitrogen functional groups attached to an aromatic ring is 1. The van der Waals surface area contributed by atoms with E-state index in [2.05, 4.69) is 0 Å². The Morgan fingerprint density at radius 2 is 2.12 bits per heavy atom. The van der Waals surface area contributed by atoms with E-state index in [1.165, 1.54) is 5.56 Å². The Bertz CT molecular complexity index is 169. The highest BCUT2D eigenvalue weighted by Crippen LogP contribution is 2.00. The maximum absolute atomic E-state index is 5.46. The second-order valence-electron chi connectivity index (χ2n) is 2.07. The Morgan fingerprint density at radius 3 is 2.25 bits per heavy atom. The Kier molecular flexibility index (Phi) is 1.01. The lowest BCUT2D eigenvalue weighted by molar-refractivity contribution is 0.959. The highest BCUT2D eigenvalue weighted by atomic mass is 15.3. The van der Waals surface area contributed by atoms with Gasteiger partial charge in [0, 0.05) is 11.9 Å². The highest BCUT2D eigenvalue weighted by Gasteiger charge is 1.90. The van der Waals surface area contributed by atoms with Gasteiger partial charge < -0.3 is 5.84 Å². The van der Waals surface area contributed by atoms with Crippen LogP contribution >= 0.6 is 0 Å². The van der Waals surface area contributed by atoms with E-state index >= 15 is 0 Å². The van der Waals surface area contributed by atoms with Gasteiger partial charge in [0.1, 0.15) is 0 Å². The van der Waals surface area contributed by atoms with Crippen molar-refractivity contribution >= 4 is 0 Å². The summed E-state index contributed by atoms with van der Waals surface area (Å²) in [5.74, 6) is 5.46. The molecule has 2 N–H and O–H groups in total. The molecule has 0 aliphatic carbocycles. The second-order valence-corrected chi connectivity index (χ2v) is 2.07. The number of hydrogen-bond donors (Lipinski definition) is 1. The molecule has 1 heterocycles. The van der Waals surface area contributed by atoms with Crippen LogP contribution in [0.15, 0.2) is 12.3 Å². The maximum Gasteiger partial charge on any atom is 0.0363 e. The van der Waals surface area contributed by atoms with E-state index in [4.69, 9.17) is 5.84 Å². The molecule has 1 aromatic heterocycles. The zero-order valence-electron chi connectivity index (χ0n) is 5.18. The summed E-state index contributed by atoms with van der Waals surface area (Å²) in [6.07, 6.45) is 1.90. The summed E-state index contributed by atoms with van der Waals surface area (Å²) in [5.41, 5.74) is 2.31. The van der Waals surface area contributed by atoms with Crippen LogP contribution in [-0.4, -0.2) is 4.68 Å². The Morgan fingerprint density at radius 1 is 1.50 bits per heavy atom. The quantitative estimate of drug-likeness (QED) is 0.492. The standard InChI is InChI=1S/C6H10N2/c1-5-3-6(2)8(7)4-5/h3-4H,7H2,1-2H3. The fourth-order valence-electron chi connectivity index (χ4n) is 0.762. The Labute approximate surface area is 48.9 Å². The van der Waals surface area contributed by atoms with Crippen molar-refractivity contribution < 1.29 is 0 Å². The molecule has 0 saturated heterocycles. The largest absolute Gasteiger partial charge is 0.339 e. The number of aryl methyl sites for hydroxylation is 2. The lowest BCUT2D eigenvalue weighted by atomic mass is 10.4. The molecule has 0 amide bonds. The summed E-state index contributed by atoms with van der Waals surface area (Å²) in [4.78, 5) is 0. The minimum Gasteiger partial charge on any atom is -0.339 e. The van der Waals surface area contributed by atoms with Crippen LogP contribution < -0.4 is 5.84 Å². The van der Waals surface area contributed by atoms with Crippen molar-refractivity contribution in [3.05, 3.63) is 23.5 Å². The summed E-state index contributed by atoms with van der Waals surface area (Å²) in [7, 11) is 0. The van der Waals surface area contributed by atoms with Crippen LogP contribution in [0.3, 0.4) is 0 Å². The van der Waals surface area contributed by atoms with Gasteiger partial charge in [0.15, 0.2) is 0 Å². The molecule has 0 unspecified atom stereocenters. The lowest BCUT2D eigenvalue weighted by Crippen LogP contribution is -2.06. The SMILES string of the molecule is Cc1cc(C)n(N)c1. The first-order valence-electron chi connectivity index (χ1n) is 2.61. The van der Waals surface area contributed by atoms with Crippen LogP contribution in [0, 0.1) is 13.8 Å². The molecular weight excluding hydrogens is 100 g/mol. The highest BCUT2D eigenvalue weighted by molar-refractivity contribution is 5.15. The summed E-state index contributed by atoms with van der Waals surface area (Å²) in [6.45, 7) is 4.00. The van der Waals surface area contributed by atoms with Gasteiger partial charge in [0.25, 0.3) is 0 Å². The average molecular weight is 110 g/mol. The van der Waals surface area contributed by atoms with Gasteiger partial charge in [0.2, 0.25) is 0 Å². The van der Waals surface area contributed by atoms with Gasteiger partial charge in [-0.05, 0) is 25.5 Å². The number of rotatable bonds is 0. The molecule has 0 radical (unpaired) electrons. The number of hydrogen-bond acceptors (Lipinski definition) is 1. The first-order chi connectivity index (χ1) is 3.70. The summed E-state index contributed by atoms with van der Waals surface area (Å²) in [5, 5.41) is 0. The lowest BCUT2D eigenvalue weighted by Gasteiger charge is -1.90. The third-order valence-corrected chi connectivity index (χ3v) is 1.19. The Balaban J connectivity index is 3.14. The van der Waals surface area contributed by atoms with Gasteiger partial charge in [-0.25, -0.2) is 0 Å². The third kappa shape index (κ3) is 0.689. The first kappa shape index (κ1) is 5.22. The fourth-order valence-corrected chi connectivity index (χ4v) is 0.762. The van der Waals surface area contributed by atoms with Crippen LogP contribution in [0.25, 0.3) is 0 Å². The molecule has 0 fully saturated rings. The van der Waals surface area contributed by atoms with E-state index in [-0.39, 0.29) is 0 Å². The summed E-state index contributed by atoms with van der Waals surface area (Å²) < 4.78 is 1.62. The predicted octanol–water partition coefficient (Wildman–Crippen LogP) is 0.819. The van der Waals surface area contributed by atoms with Gasteiger partial charge in [-0.15, -0.1) is 0 Å². The van der Waals surface area contributed by atoms with Gasteiger partial charge >= 0.3 is 0 Å². The smallest absolute Gasteiger partial charge is 0.0363 e. The molecule has 0 spiro atoms. The van der Waals surface area contributed by atoms with Crippen molar-refractivity contribution in [3.63, 3.8) is 0 Å². The first-order valence-corrected chi connectivity index (χ1v) is 2.61. The van der Waals surface area contributed by atoms with Crippen LogP contribution in [-0.2, 0) is 0 Å². The van der Waals surface area contributed by atoms with E-state index in [1.807, 2.05) is 26.1 Å². The van der Waals surface area contributed by atoms with Crippen molar-refractivity contribution in [2.75, 3.05) is 5.84 Å². The molecule has 1 rings (SSSR count). The van der Waals surface area contributed by atoms with Crippen molar-refractivity contribution in [2.45, 2.75) is 13.8 Å². The minimum absolute atomic E-state index is 1.10. The second kappa shape index (κ2) is 1.54. The number of aromatic nitrogens is 1. The molecule has 0 bridgehead atoms. The van der Waals surface area contributed by atoms with Crippen LogP contribution in [0.1, 0.15) is 11.3 Å². The topological polar surface area (TPSA) is 30.9 Å². The molecule has 8 heavy (non-hydrogen) atoms. The van der Waals surface area contributed by atoms with Crippen molar-refractivity contribution in [3.8, 4) is 0 Å². The fraction of sp³-hybridized carbons (Fsp3) is 0.333. The third-order valence-electron chi connectivity index (χ3n) is 1.19. The van der Waals surface area contributed by atoms with Gasteiger partial charge in [-0.2, -0.15) is 0 Å². The van der Waals surface area contributed by atoms with Crippen molar-refractivity contribution in [1.82, 2.24) is 4.68 Å². The maximum atomic E-state index is 5.46. The van der Waals surface area contributed by atoms with Crippen molar-refractivity contribution in [2.24, 2.45) is 0 Å². The van der Waals surface area contributed by atoms with Gasteiger partial charge in [0.05, 0.1) is 0 Å². The predicted molar refractivity (Wildman–Crippen MR) is 34.1 cm³/mol. The van der Waals surface area contributed by atoms with Gasteiger partial charge in [-0.3, -0.25) is 4.68 Å². The molecule has 0 aromatic carbocycles. The average Bonchev–Trinajstić information content (AvgIpc) is 1.85. The zero-order valence-corrected chi connectivity index (χ0v) is 5.18. The minimum atomic E-state index is 1.10. The molecule has 2 heteroatoms. The molecular formula is C6H10N2. The van der Waals surface area contributed by atoms with Crippen LogP contribution in [0.4, 0.5) is 0 Å². The number of nitrogens with zero attached hydrogens (tertiary/aromatic N) is 1. The van der Waals surface area contributed by atoms with Gasteiger partial charge in [-0.1, -0.05) is 0 Å². The molecule has 44 valence electrons. The number of nitrogens with two attached hydrogens (primary N) is 1. The zero-order chi connectivity index (χ0) is 6.15. The molecule has 1 aromatic rings. The Hall–Kier alpha value is -0.920. The van der Waals surface area contributed by atoms with Crippen molar-refractivity contribution in [1.29, 1.82) is 0 Å². The molecule has 0 saturated carbocycles. The molecule has 0 aliphatic heterocycles. The molecule has 0 aliphatic rings. The van der Waals surface area contributed by atoms with E-state index < -0.39 is 0 Å². The normalized spacial score (nSPS) is 9.75. The summed E-state index contributed by atoms with van der Waals surface area (Å²) >= 11 is 0. The van der Waals surface area contributed by atoms with Crippen LogP contribution in [0.2, 0.25) is 0 Å². The van der Waals surface area contributed by atoms with E-state index in [9.17, 15) is 0 Å². The monoisotopic (exact) mass is 110 g/mol. The van der Waals surface area contributed by atoms with E-state index in [1.54, 1.807) is 4.68 Å². The molecule has 2 nitrogen and oxygen atoms in total. The summed E-state index contributed by atoms with van der Waals surface area (Å²) in [6, 6.07) is 2.04. The van der Waals surface area contributed by atoms with E-state index in [0.717, 1.165) is 5.69 Å².